The third-order valence-corrected chi connectivity index (χ3v) is 3.91. The van der Waals surface area contributed by atoms with Gasteiger partial charge in [-0.25, -0.2) is 4.98 Å². The Balaban J connectivity index is 1.74. The van der Waals surface area contributed by atoms with Crippen molar-refractivity contribution < 1.29 is 17.9 Å². The summed E-state index contributed by atoms with van der Waals surface area (Å²) in [7, 11) is 0. The van der Waals surface area contributed by atoms with Gasteiger partial charge < -0.3 is 10.1 Å². The molecular formula is C17H17F3N2O. The summed E-state index contributed by atoms with van der Waals surface area (Å²) in [5.74, 6) is -0.112. The maximum Gasteiger partial charge on any atom is 0.419 e. The summed E-state index contributed by atoms with van der Waals surface area (Å²) >= 11 is 0. The minimum absolute atomic E-state index is 0.107. The van der Waals surface area contributed by atoms with Crippen LogP contribution in [0.1, 0.15) is 30.1 Å². The van der Waals surface area contributed by atoms with E-state index >= 15 is 0 Å². The molecule has 0 aliphatic carbocycles. The van der Waals surface area contributed by atoms with E-state index in [1.54, 1.807) is 0 Å². The highest BCUT2D eigenvalue weighted by molar-refractivity contribution is 5.46. The zero-order chi connectivity index (χ0) is 16.3. The van der Waals surface area contributed by atoms with E-state index in [0.29, 0.717) is 19.4 Å². The number of ether oxygens (including phenoxy) is 1. The molecule has 122 valence electrons. The van der Waals surface area contributed by atoms with Gasteiger partial charge >= 0.3 is 6.18 Å². The number of nitrogens with zero attached hydrogens (tertiary/aromatic N) is 1. The number of alkyl halides is 3. The molecule has 2 aromatic rings. The molecule has 1 saturated heterocycles. The van der Waals surface area contributed by atoms with E-state index in [2.05, 4.69) is 10.3 Å². The van der Waals surface area contributed by atoms with Crippen LogP contribution in [0.15, 0.2) is 48.7 Å². The third kappa shape index (κ3) is 3.82. The fraction of sp³-hybridized carbons (Fsp3) is 0.353. The van der Waals surface area contributed by atoms with Gasteiger partial charge in [0.2, 0.25) is 0 Å². The molecule has 0 amide bonds. The molecule has 3 nitrogen and oxygen atoms in total. The van der Waals surface area contributed by atoms with Crippen LogP contribution < -0.4 is 5.32 Å². The lowest BCUT2D eigenvalue weighted by atomic mass is 9.97. The Hall–Kier alpha value is -2.08. The number of hydrogen-bond donors (Lipinski definition) is 1. The summed E-state index contributed by atoms with van der Waals surface area (Å²) in [6, 6.07) is 11.9. The molecular weight excluding hydrogens is 305 g/mol. The average Bonchev–Trinajstić information content (AvgIpc) is 2.55. The second-order valence-corrected chi connectivity index (χ2v) is 5.53. The molecule has 1 aromatic carbocycles. The van der Waals surface area contributed by atoms with E-state index in [1.165, 1.54) is 12.3 Å². The van der Waals surface area contributed by atoms with Crippen molar-refractivity contribution in [3.8, 4) is 0 Å². The lowest BCUT2D eigenvalue weighted by Gasteiger charge is -2.31. The molecule has 3 rings (SSSR count). The number of rotatable bonds is 3. The predicted octanol–water partition coefficient (Wildman–Crippen LogP) is 4.43. The van der Waals surface area contributed by atoms with Gasteiger partial charge in [0.25, 0.3) is 0 Å². The van der Waals surface area contributed by atoms with Gasteiger partial charge in [0.1, 0.15) is 5.82 Å². The zero-order valence-corrected chi connectivity index (χ0v) is 12.4. The average molecular weight is 322 g/mol. The van der Waals surface area contributed by atoms with Crippen molar-refractivity contribution >= 4 is 5.82 Å². The smallest absolute Gasteiger partial charge is 0.373 e. The van der Waals surface area contributed by atoms with E-state index in [9.17, 15) is 13.2 Å². The van der Waals surface area contributed by atoms with Crippen molar-refractivity contribution in [3.05, 3.63) is 59.8 Å². The number of aromatic nitrogens is 1. The highest BCUT2D eigenvalue weighted by atomic mass is 19.4. The Labute approximate surface area is 132 Å². The Morgan fingerprint density at radius 2 is 1.87 bits per heavy atom. The quantitative estimate of drug-likeness (QED) is 0.907. The summed E-state index contributed by atoms with van der Waals surface area (Å²) in [5.41, 5.74) is 0.304. The van der Waals surface area contributed by atoms with Gasteiger partial charge in [-0.05, 0) is 30.5 Å². The lowest BCUT2D eigenvalue weighted by molar-refractivity contribution is -0.137. The van der Waals surface area contributed by atoms with Crippen molar-refractivity contribution in [2.75, 3.05) is 11.9 Å². The Kier molecular flexibility index (Phi) is 4.52. The molecule has 1 fully saturated rings. The first-order chi connectivity index (χ1) is 11.0. The predicted molar refractivity (Wildman–Crippen MR) is 81.0 cm³/mol. The van der Waals surface area contributed by atoms with E-state index < -0.39 is 11.7 Å². The summed E-state index contributed by atoms with van der Waals surface area (Å²) < 4.78 is 44.9. The van der Waals surface area contributed by atoms with Crippen LogP contribution >= 0.6 is 0 Å². The molecule has 1 aromatic heterocycles. The number of anilines is 1. The molecule has 0 radical (unpaired) electrons. The van der Waals surface area contributed by atoms with E-state index in [1.807, 2.05) is 30.3 Å². The summed E-state index contributed by atoms with van der Waals surface area (Å²) in [6.45, 7) is 0.505. The van der Waals surface area contributed by atoms with Crippen LogP contribution in [0.2, 0.25) is 0 Å². The van der Waals surface area contributed by atoms with Gasteiger partial charge in [-0.3, -0.25) is 0 Å². The fourth-order valence-corrected chi connectivity index (χ4v) is 2.77. The molecule has 2 atom stereocenters. The Bertz CT molecular complexity index is 646. The highest BCUT2D eigenvalue weighted by Gasteiger charge is 2.35. The maximum atomic E-state index is 13.0. The number of halogens is 3. The SMILES string of the molecule is FC(F)(F)c1cccnc1NC1CCOC(c2ccccc2)C1. The number of nitrogens with one attached hydrogen (secondary N) is 1. The minimum atomic E-state index is -4.42. The van der Waals surface area contributed by atoms with Crippen LogP contribution in [0.4, 0.5) is 19.0 Å². The van der Waals surface area contributed by atoms with Crippen LogP contribution in [0, 0.1) is 0 Å². The van der Waals surface area contributed by atoms with Gasteiger partial charge in [0.15, 0.2) is 0 Å². The van der Waals surface area contributed by atoms with Crippen LogP contribution in [0.3, 0.4) is 0 Å². The normalized spacial score (nSPS) is 21.9. The van der Waals surface area contributed by atoms with Gasteiger partial charge in [-0.2, -0.15) is 13.2 Å². The molecule has 1 N–H and O–H groups in total. The summed E-state index contributed by atoms with van der Waals surface area (Å²) in [4.78, 5) is 3.87. The maximum absolute atomic E-state index is 13.0. The number of pyridine rings is 1. The second-order valence-electron chi connectivity index (χ2n) is 5.53. The van der Waals surface area contributed by atoms with Gasteiger partial charge in [-0.1, -0.05) is 30.3 Å². The molecule has 1 aliphatic rings. The van der Waals surface area contributed by atoms with Crippen molar-refractivity contribution in [3.63, 3.8) is 0 Å². The topological polar surface area (TPSA) is 34.2 Å². The van der Waals surface area contributed by atoms with Gasteiger partial charge in [-0.15, -0.1) is 0 Å². The molecule has 23 heavy (non-hydrogen) atoms. The molecule has 0 bridgehead atoms. The van der Waals surface area contributed by atoms with Crippen molar-refractivity contribution in [1.82, 2.24) is 4.98 Å². The van der Waals surface area contributed by atoms with E-state index in [4.69, 9.17) is 4.74 Å². The molecule has 6 heteroatoms. The van der Waals surface area contributed by atoms with Crippen LogP contribution in [0.5, 0.6) is 0 Å². The monoisotopic (exact) mass is 322 g/mol. The molecule has 0 saturated carbocycles. The third-order valence-electron chi connectivity index (χ3n) is 3.91. The van der Waals surface area contributed by atoms with E-state index in [-0.39, 0.29) is 18.0 Å². The van der Waals surface area contributed by atoms with E-state index in [0.717, 1.165) is 11.6 Å². The minimum Gasteiger partial charge on any atom is -0.373 e. The fourth-order valence-electron chi connectivity index (χ4n) is 2.77. The largest absolute Gasteiger partial charge is 0.419 e. The number of hydrogen-bond acceptors (Lipinski definition) is 3. The molecule has 2 heterocycles. The van der Waals surface area contributed by atoms with Gasteiger partial charge in [0.05, 0.1) is 11.7 Å². The Morgan fingerprint density at radius 3 is 2.61 bits per heavy atom. The zero-order valence-electron chi connectivity index (χ0n) is 12.4. The first-order valence-corrected chi connectivity index (χ1v) is 7.49. The van der Waals surface area contributed by atoms with Crippen LogP contribution in [0.25, 0.3) is 0 Å². The van der Waals surface area contributed by atoms with Crippen LogP contribution in [-0.2, 0) is 10.9 Å². The van der Waals surface area contributed by atoms with Crippen molar-refractivity contribution in [2.24, 2.45) is 0 Å². The van der Waals surface area contributed by atoms with Crippen molar-refractivity contribution in [1.29, 1.82) is 0 Å². The van der Waals surface area contributed by atoms with Gasteiger partial charge in [0, 0.05) is 18.8 Å². The Morgan fingerprint density at radius 1 is 1.09 bits per heavy atom. The number of benzene rings is 1. The summed E-state index contributed by atoms with van der Waals surface area (Å²) in [5, 5.41) is 2.94. The lowest BCUT2D eigenvalue weighted by Crippen LogP contribution is -2.31. The highest BCUT2D eigenvalue weighted by Crippen LogP contribution is 2.35. The first-order valence-electron chi connectivity index (χ1n) is 7.49. The standard InChI is InChI=1S/C17H17F3N2O/c18-17(19,20)14-7-4-9-21-16(14)22-13-8-10-23-15(11-13)12-5-2-1-3-6-12/h1-7,9,13,15H,8,10-11H2,(H,21,22). The molecule has 2 unspecified atom stereocenters. The second kappa shape index (κ2) is 6.58. The molecule has 1 aliphatic heterocycles. The summed E-state index contributed by atoms with van der Waals surface area (Å²) in [6.07, 6.45) is -1.90. The van der Waals surface area contributed by atoms with Crippen molar-refractivity contribution in [2.45, 2.75) is 31.2 Å². The van der Waals surface area contributed by atoms with Crippen LogP contribution in [-0.4, -0.2) is 17.6 Å². The molecule has 0 spiro atoms. The first kappa shape index (κ1) is 15.8.